The summed E-state index contributed by atoms with van der Waals surface area (Å²) in [4.78, 5) is 0. The van der Waals surface area contributed by atoms with Crippen LogP contribution in [-0.4, -0.2) is 16.8 Å². The molecule has 2 N–H and O–H groups in total. The van der Waals surface area contributed by atoms with Gasteiger partial charge in [0.1, 0.15) is 17.2 Å². The van der Waals surface area contributed by atoms with E-state index in [-0.39, 0.29) is 5.41 Å². The molecule has 2 unspecified atom stereocenters. The van der Waals surface area contributed by atoms with Gasteiger partial charge in [-0.3, -0.25) is 0 Å². The van der Waals surface area contributed by atoms with E-state index in [0.29, 0.717) is 40.5 Å². The SMILES string of the molecule is CCCOc1cccc2c(O)c3c(c(O)c12)C1CCC3(C)C1. The van der Waals surface area contributed by atoms with Crippen molar-refractivity contribution in [2.75, 3.05) is 6.61 Å². The van der Waals surface area contributed by atoms with Crippen LogP contribution in [0.25, 0.3) is 10.8 Å². The third kappa shape index (κ3) is 1.62. The molecule has 2 atom stereocenters. The molecule has 2 bridgehead atoms. The number of phenols is 2. The summed E-state index contributed by atoms with van der Waals surface area (Å²) in [5, 5.41) is 23.2. The van der Waals surface area contributed by atoms with Gasteiger partial charge in [-0.2, -0.15) is 0 Å². The zero-order valence-electron chi connectivity index (χ0n) is 13.1. The fourth-order valence-corrected chi connectivity index (χ4v) is 4.54. The number of hydrogen-bond donors (Lipinski definition) is 2. The number of fused-ring (bicyclic) bond motifs is 6. The monoisotopic (exact) mass is 298 g/mol. The number of aromatic hydroxyl groups is 2. The summed E-state index contributed by atoms with van der Waals surface area (Å²) in [5.74, 6) is 1.70. The predicted octanol–water partition coefficient (Wildman–Crippen LogP) is 4.58. The first kappa shape index (κ1) is 13.7. The van der Waals surface area contributed by atoms with Gasteiger partial charge >= 0.3 is 0 Å². The third-order valence-corrected chi connectivity index (χ3v) is 5.49. The summed E-state index contributed by atoms with van der Waals surface area (Å²) < 4.78 is 5.80. The Kier molecular flexibility index (Phi) is 2.84. The summed E-state index contributed by atoms with van der Waals surface area (Å²) in [6.07, 6.45) is 4.13. The van der Waals surface area contributed by atoms with Gasteiger partial charge < -0.3 is 14.9 Å². The summed E-state index contributed by atoms with van der Waals surface area (Å²) in [5.41, 5.74) is 1.95. The van der Waals surface area contributed by atoms with E-state index >= 15 is 0 Å². The molecule has 1 saturated carbocycles. The first-order valence-electron chi connectivity index (χ1n) is 8.20. The Morgan fingerprint density at radius 1 is 1.27 bits per heavy atom. The van der Waals surface area contributed by atoms with Crippen LogP contribution in [-0.2, 0) is 5.41 Å². The van der Waals surface area contributed by atoms with Gasteiger partial charge in [0.2, 0.25) is 0 Å². The molecule has 0 saturated heterocycles. The smallest absolute Gasteiger partial charge is 0.131 e. The molecule has 3 heteroatoms. The number of hydrogen-bond acceptors (Lipinski definition) is 3. The molecule has 2 aliphatic carbocycles. The second kappa shape index (κ2) is 4.55. The third-order valence-electron chi connectivity index (χ3n) is 5.49. The van der Waals surface area contributed by atoms with Crippen molar-refractivity contribution in [2.45, 2.75) is 50.9 Å². The maximum Gasteiger partial charge on any atom is 0.131 e. The van der Waals surface area contributed by atoms with Crippen LogP contribution in [0.4, 0.5) is 0 Å². The van der Waals surface area contributed by atoms with E-state index in [4.69, 9.17) is 4.74 Å². The minimum absolute atomic E-state index is 0.00995. The average molecular weight is 298 g/mol. The lowest BCUT2D eigenvalue weighted by atomic mass is 9.79. The highest BCUT2D eigenvalue weighted by Gasteiger charge is 2.49. The van der Waals surface area contributed by atoms with E-state index in [1.165, 1.54) is 0 Å². The van der Waals surface area contributed by atoms with Crippen LogP contribution in [0.3, 0.4) is 0 Å². The lowest BCUT2D eigenvalue weighted by Gasteiger charge is -2.27. The second-order valence-corrected chi connectivity index (χ2v) is 7.01. The molecule has 22 heavy (non-hydrogen) atoms. The van der Waals surface area contributed by atoms with Gasteiger partial charge in [0.15, 0.2) is 0 Å². The van der Waals surface area contributed by atoms with Crippen LogP contribution in [0.15, 0.2) is 18.2 Å². The molecule has 0 heterocycles. The highest BCUT2D eigenvalue weighted by Crippen LogP contribution is 2.64. The van der Waals surface area contributed by atoms with E-state index in [1.807, 2.05) is 18.2 Å². The van der Waals surface area contributed by atoms with Crippen LogP contribution in [0.5, 0.6) is 17.2 Å². The number of rotatable bonds is 3. The average Bonchev–Trinajstić information content (AvgIpc) is 3.04. The standard InChI is InChI=1S/C19H22O3/c1-3-9-22-13-6-4-5-12-15(13)18(21)14-11-7-8-19(2,10-11)16(14)17(12)20/h4-6,11,20-21H,3,7-10H2,1-2H3. The van der Waals surface area contributed by atoms with Crippen molar-refractivity contribution in [3.8, 4) is 17.2 Å². The van der Waals surface area contributed by atoms with Crippen LogP contribution < -0.4 is 4.74 Å². The lowest BCUT2D eigenvalue weighted by Crippen LogP contribution is -2.16. The lowest BCUT2D eigenvalue weighted by molar-refractivity contribution is 0.320. The van der Waals surface area contributed by atoms with Gasteiger partial charge in [-0.05, 0) is 43.1 Å². The number of phenolic OH excluding ortho intramolecular Hbond substituents is 2. The summed E-state index contributed by atoms with van der Waals surface area (Å²) >= 11 is 0. The normalized spacial score (nSPS) is 25.6. The van der Waals surface area contributed by atoms with E-state index in [2.05, 4.69) is 13.8 Å². The van der Waals surface area contributed by atoms with Crippen LogP contribution in [0.2, 0.25) is 0 Å². The molecule has 3 nitrogen and oxygen atoms in total. The first-order chi connectivity index (χ1) is 10.6. The van der Waals surface area contributed by atoms with Gasteiger partial charge in [-0.15, -0.1) is 0 Å². The molecule has 4 rings (SSSR count). The zero-order chi connectivity index (χ0) is 15.5. The van der Waals surface area contributed by atoms with E-state index in [0.717, 1.165) is 36.8 Å². The van der Waals surface area contributed by atoms with Crippen LogP contribution >= 0.6 is 0 Å². The highest BCUT2D eigenvalue weighted by atomic mass is 16.5. The van der Waals surface area contributed by atoms with Gasteiger partial charge in [0.25, 0.3) is 0 Å². The molecule has 0 spiro atoms. The molecule has 2 aromatic rings. The van der Waals surface area contributed by atoms with Crippen molar-refractivity contribution in [1.29, 1.82) is 0 Å². The van der Waals surface area contributed by atoms with Crippen molar-refractivity contribution in [3.05, 3.63) is 29.3 Å². The molecule has 0 amide bonds. The van der Waals surface area contributed by atoms with Crippen molar-refractivity contribution >= 4 is 10.8 Å². The Labute approximate surface area is 130 Å². The summed E-state index contributed by atoms with van der Waals surface area (Å²) in [6.45, 7) is 4.87. The number of benzene rings is 2. The van der Waals surface area contributed by atoms with Gasteiger partial charge in [-0.1, -0.05) is 26.0 Å². The van der Waals surface area contributed by atoms with Gasteiger partial charge in [0, 0.05) is 16.5 Å². The Bertz CT molecular complexity index is 765. The Morgan fingerprint density at radius 3 is 2.86 bits per heavy atom. The van der Waals surface area contributed by atoms with Crippen molar-refractivity contribution in [2.24, 2.45) is 0 Å². The molecule has 116 valence electrons. The minimum atomic E-state index is 0.00995. The fourth-order valence-electron chi connectivity index (χ4n) is 4.54. The van der Waals surface area contributed by atoms with Crippen LogP contribution in [0, 0.1) is 0 Å². The van der Waals surface area contributed by atoms with Gasteiger partial charge in [-0.25, -0.2) is 0 Å². The van der Waals surface area contributed by atoms with Crippen molar-refractivity contribution in [3.63, 3.8) is 0 Å². The summed E-state index contributed by atoms with van der Waals surface area (Å²) in [7, 11) is 0. The Balaban J connectivity index is 2.03. The molecule has 2 aliphatic rings. The number of ether oxygens (including phenoxy) is 1. The molecule has 0 aliphatic heterocycles. The summed E-state index contributed by atoms with van der Waals surface area (Å²) in [6, 6.07) is 5.63. The fraction of sp³-hybridized carbons (Fsp3) is 0.474. The quantitative estimate of drug-likeness (QED) is 0.815. The minimum Gasteiger partial charge on any atom is -0.507 e. The highest BCUT2D eigenvalue weighted by molar-refractivity contribution is 6.00. The van der Waals surface area contributed by atoms with E-state index < -0.39 is 0 Å². The second-order valence-electron chi connectivity index (χ2n) is 7.01. The largest absolute Gasteiger partial charge is 0.507 e. The molecule has 0 radical (unpaired) electrons. The molecule has 2 aromatic carbocycles. The van der Waals surface area contributed by atoms with Crippen molar-refractivity contribution in [1.82, 2.24) is 0 Å². The molecule has 0 aromatic heterocycles. The van der Waals surface area contributed by atoms with E-state index in [1.54, 1.807) is 0 Å². The molecular formula is C19H22O3. The topological polar surface area (TPSA) is 49.7 Å². The van der Waals surface area contributed by atoms with E-state index in [9.17, 15) is 10.2 Å². The maximum absolute atomic E-state index is 10.9. The van der Waals surface area contributed by atoms with Crippen molar-refractivity contribution < 1.29 is 14.9 Å². The molecule has 1 fully saturated rings. The Morgan fingerprint density at radius 2 is 2.09 bits per heavy atom. The first-order valence-corrected chi connectivity index (χ1v) is 8.20. The maximum atomic E-state index is 10.9. The Hall–Kier alpha value is -1.90. The van der Waals surface area contributed by atoms with Gasteiger partial charge in [0.05, 0.1) is 12.0 Å². The molecular weight excluding hydrogens is 276 g/mol. The predicted molar refractivity (Wildman–Crippen MR) is 87.0 cm³/mol. The van der Waals surface area contributed by atoms with Crippen LogP contribution in [0.1, 0.15) is 56.6 Å². The zero-order valence-corrected chi connectivity index (χ0v) is 13.1.